The average Bonchev–Trinajstić information content (AvgIpc) is 2.83. The van der Waals surface area contributed by atoms with Crippen molar-refractivity contribution in [2.24, 2.45) is 11.7 Å². The molecule has 1 unspecified atom stereocenters. The molecule has 20 heavy (non-hydrogen) atoms. The van der Waals surface area contributed by atoms with Gasteiger partial charge in [0.15, 0.2) is 5.65 Å². The molecule has 0 radical (unpaired) electrons. The highest BCUT2D eigenvalue weighted by molar-refractivity contribution is 5.89. The van der Waals surface area contributed by atoms with Crippen molar-refractivity contribution >= 4 is 22.6 Å². The highest BCUT2D eigenvalue weighted by Crippen LogP contribution is 2.25. The molecular weight excluding hydrogens is 254 g/mol. The van der Waals surface area contributed by atoms with Crippen LogP contribution in [0.15, 0.2) is 12.4 Å². The molecule has 2 aromatic rings. The maximum atomic E-state index is 10.8. The van der Waals surface area contributed by atoms with E-state index in [1.807, 2.05) is 17.8 Å². The number of aryl methyl sites for hydroxylation is 1. The highest BCUT2D eigenvalue weighted by atomic mass is 16.1. The van der Waals surface area contributed by atoms with E-state index in [-0.39, 0.29) is 5.91 Å². The van der Waals surface area contributed by atoms with Gasteiger partial charge in [-0.2, -0.15) is 5.10 Å². The summed E-state index contributed by atoms with van der Waals surface area (Å²) in [5.74, 6) is 0.0768. The molecule has 2 rings (SSSR count). The van der Waals surface area contributed by atoms with Gasteiger partial charge in [-0.3, -0.25) is 4.79 Å². The minimum Gasteiger partial charge on any atom is -0.398 e. The molecule has 0 saturated carbocycles. The van der Waals surface area contributed by atoms with Crippen molar-refractivity contribution in [3.8, 4) is 0 Å². The van der Waals surface area contributed by atoms with Gasteiger partial charge in [-0.1, -0.05) is 6.92 Å². The van der Waals surface area contributed by atoms with Gasteiger partial charge < -0.3 is 11.5 Å². The van der Waals surface area contributed by atoms with E-state index >= 15 is 0 Å². The summed E-state index contributed by atoms with van der Waals surface area (Å²) >= 11 is 0. The van der Waals surface area contributed by atoms with Crippen LogP contribution in [0.5, 0.6) is 0 Å². The highest BCUT2D eigenvalue weighted by Gasteiger charge is 2.13. The third kappa shape index (κ3) is 2.89. The van der Waals surface area contributed by atoms with E-state index in [1.165, 1.54) is 0 Å². The second kappa shape index (κ2) is 5.90. The van der Waals surface area contributed by atoms with Gasteiger partial charge in [-0.15, -0.1) is 0 Å². The number of nitrogens with zero attached hydrogens (tertiary/aromatic N) is 3. The van der Waals surface area contributed by atoms with Gasteiger partial charge in [0.25, 0.3) is 0 Å². The quantitative estimate of drug-likeness (QED) is 0.833. The van der Waals surface area contributed by atoms with Gasteiger partial charge in [-0.05, 0) is 31.2 Å². The predicted octanol–water partition coefficient (Wildman–Crippen LogP) is 1.48. The number of aromatic nitrogens is 3. The molecule has 0 aliphatic heterocycles. The lowest BCUT2D eigenvalue weighted by Crippen LogP contribution is -2.13. The number of rotatable bonds is 6. The van der Waals surface area contributed by atoms with Crippen LogP contribution in [0.2, 0.25) is 0 Å². The fourth-order valence-electron chi connectivity index (χ4n) is 2.35. The molecule has 2 aromatic heterocycles. The molecule has 6 nitrogen and oxygen atoms in total. The van der Waals surface area contributed by atoms with Gasteiger partial charge in [0.2, 0.25) is 5.91 Å². The number of pyridine rings is 1. The fourth-order valence-corrected chi connectivity index (χ4v) is 2.35. The Morgan fingerprint density at radius 1 is 1.45 bits per heavy atom. The van der Waals surface area contributed by atoms with Crippen LogP contribution in [0.4, 0.5) is 5.69 Å². The van der Waals surface area contributed by atoms with Crippen LogP contribution < -0.4 is 11.5 Å². The third-order valence-corrected chi connectivity index (χ3v) is 3.54. The first kappa shape index (κ1) is 14.3. The van der Waals surface area contributed by atoms with Crippen LogP contribution in [0.3, 0.4) is 0 Å². The molecule has 0 aliphatic rings. The van der Waals surface area contributed by atoms with Crippen LogP contribution in [0.25, 0.3) is 11.0 Å². The Morgan fingerprint density at radius 3 is 2.85 bits per heavy atom. The SMILES string of the molecule is CCn1ncc2c(N)c(CC(C)CCC(N)=O)cnc21. The van der Waals surface area contributed by atoms with E-state index in [2.05, 4.69) is 17.0 Å². The van der Waals surface area contributed by atoms with E-state index in [0.29, 0.717) is 12.3 Å². The third-order valence-electron chi connectivity index (χ3n) is 3.54. The van der Waals surface area contributed by atoms with Crippen molar-refractivity contribution in [1.29, 1.82) is 0 Å². The zero-order chi connectivity index (χ0) is 14.7. The van der Waals surface area contributed by atoms with Gasteiger partial charge in [-0.25, -0.2) is 9.67 Å². The number of carbonyl (C=O) groups is 1. The van der Waals surface area contributed by atoms with E-state index in [4.69, 9.17) is 11.5 Å². The molecule has 4 N–H and O–H groups in total. The largest absolute Gasteiger partial charge is 0.398 e. The summed E-state index contributed by atoms with van der Waals surface area (Å²) < 4.78 is 1.83. The molecule has 6 heteroatoms. The van der Waals surface area contributed by atoms with Gasteiger partial charge >= 0.3 is 0 Å². The summed E-state index contributed by atoms with van der Waals surface area (Å²) in [5.41, 5.74) is 13.9. The van der Waals surface area contributed by atoms with Gasteiger partial charge in [0.05, 0.1) is 11.6 Å². The first-order valence-corrected chi connectivity index (χ1v) is 6.90. The molecule has 0 aliphatic carbocycles. The summed E-state index contributed by atoms with van der Waals surface area (Å²) in [6.45, 7) is 4.87. The molecule has 0 spiro atoms. The maximum Gasteiger partial charge on any atom is 0.217 e. The zero-order valence-electron chi connectivity index (χ0n) is 12.0. The lowest BCUT2D eigenvalue weighted by atomic mass is 9.96. The Labute approximate surface area is 118 Å². The van der Waals surface area contributed by atoms with Crippen LogP contribution >= 0.6 is 0 Å². The van der Waals surface area contributed by atoms with Gasteiger partial charge in [0, 0.05) is 24.8 Å². The minimum atomic E-state index is -0.261. The van der Waals surface area contributed by atoms with Crippen LogP contribution in [0, 0.1) is 5.92 Å². The van der Waals surface area contributed by atoms with Crippen molar-refractivity contribution in [3.05, 3.63) is 18.0 Å². The number of carbonyl (C=O) groups excluding carboxylic acids is 1. The molecule has 0 saturated heterocycles. The summed E-state index contributed by atoms with van der Waals surface area (Å²) in [6.07, 6.45) is 5.54. The maximum absolute atomic E-state index is 10.8. The molecule has 1 amide bonds. The Balaban J connectivity index is 2.18. The van der Waals surface area contributed by atoms with Crippen LogP contribution in [-0.4, -0.2) is 20.7 Å². The fraction of sp³-hybridized carbons (Fsp3) is 0.500. The smallest absolute Gasteiger partial charge is 0.217 e. The molecule has 108 valence electrons. The van der Waals surface area contributed by atoms with E-state index < -0.39 is 0 Å². The Kier molecular flexibility index (Phi) is 4.22. The summed E-state index contributed by atoms with van der Waals surface area (Å²) in [6, 6.07) is 0. The van der Waals surface area contributed by atoms with E-state index in [0.717, 1.165) is 41.7 Å². The standard InChI is InChI=1S/C14H21N5O/c1-3-19-14-11(8-18-19)13(16)10(7-17-14)6-9(2)4-5-12(15)20/h7-9H,3-6H2,1-2H3,(H2,15,20)(H2,16,17). The first-order valence-electron chi connectivity index (χ1n) is 6.90. The molecule has 0 fully saturated rings. The normalized spacial score (nSPS) is 12.7. The average molecular weight is 275 g/mol. The molecule has 0 bridgehead atoms. The molecule has 1 atom stereocenters. The van der Waals surface area contributed by atoms with Gasteiger partial charge in [0.1, 0.15) is 0 Å². The second-order valence-electron chi connectivity index (χ2n) is 5.21. The lowest BCUT2D eigenvalue weighted by Gasteiger charge is -2.12. The van der Waals surface area contributed by atoms with Crippen molar-refractivity contribution in [2.75, 3.05) is 5.73 Å². The number of primary amides is 1. The molecule has 2 heterocycles. The van der Waals surface area contributed by atoms with Crippen LogP contribution in [-0.2, 0) is 17.8 Å². The second-order valence-corrected chi connectivity index (χ2v) is 5.21. The monoisotopic (exact) mass is 275 g/mol. The number of amides is 1. The molecule has 0 aromatic carbocycles. The molecular formula is C14H21N5O. The Bertz CT molecular complexity index is 619. The van der Waals surface area contributed by atoms with E-state index in [1.54, 1.807) is 6.20 Å². The number of fused-ring (bicyclic) bond motifs is 1. The predicted molar refractivity (Wildman–Crippen MR) is 78.9 cm³/mol. The number of hydrogen-bond donors (Lipinski definition) is 2. The number of nitrogen functional groups attached to an aromatic ring is 1. The van der Waals surface area contributed by atoms with Crippen molar-refractivity contribution in [1.82, 2.24) is 14.8 Å². The minimum absolute atomic E-state index is 0.261. The number of anilines is 1. The zero-order valence-corrected chi connectivity index (χ0v) is 12.0. The van der Waals surface area contributed by atoms with Crippen molar-refractivity contribution in [2.45, 2.75) is 39.7 Å². The first-order chi connectivity index (χ1) is 9.52. The summed E-state index contributed by atoms with van der Waals surface area (Å²) in [5, 5.41) is 5.16. The van der Waals surface area contributed by atoms with Crippen molar-refractivity contribution in [3.63, 3.8) is 0 Å². The van der Waals surface area contributed by atoms with Crippen molar-refractivity contribution < 1.29 is 4.79 Å². The Hall–Kier alpha value is -2.11. The summed E-state index contributed by atoms with van der Waals surface area (Å²) in [4.78, 5) is 15.3. The number of nitrogens with two attached hydrogens (primary N) is 2. The number of hydrogen-bond acceptors (Lipinski definition) is 4. The Morgan fingerprint density at radius 2 is 2.20 bits per heavy atom. The topological polar surface area (TPSA) is 99.8 Å². The lowest BCUT2D eigenvalue weighted by molar-refractivity contribution is -0.118. The van der Waals surface area contributed by atoms with E-state index in [9.17, 15) is 4.79 Å². The van der Waals surface area contributed by atoms with Crippen LogP contribution in [0.1, 0.15) is 32.3 Å². The summed E-state index contributed by atoms with van der Waals surface area (Å²) in [7, 11) is 0.